The monoisotopic (exact) mass is 443 g/mol. The summed E-state index contributed by atoms with van der Waals surface area (Å²) < 4.78 is 40.8. The van der Waals surface area contributed by atoms with Crippen molar-refractivity contribution in [3.8, 4) is 0 Å². The number of benzene rings is 2. The molecule has 12 heteroatoms. The van der Waals surface area contributed by atoms with Gasteiger partial charge in [0.2, 0.25) is 5.95 Å². The van der Waals surface area contributed by atoms with E-state index in [0.29, 0.717) is 43.8 Å². The SMILES string of the molecule is O=[N+]([O-])c1cc(C(F)(F)F)ccc1N1CCN(c2nc3ccccc3c3nncn23)CC1. The van der Waals surface area contributed by atoms with Gasteiger partial charge in [0.1, 0.15) is 12.0 Å². The molecule has 1 aliphatic rings. The van der Waals surface area contributed by atoms with Crippen LogP contribution in [0.2, 0.25) is 0 Å². The van der Waals surface area contributed by atoms with E-state index in [0.717, 1.165) is 17.0 Å². The number of para-hydroxylation sites is 1. The maximum absolute atomic E-state index is 13.0. The molecule has 0 spiro atoms. The molecule has 2 aromatic heterocycles. The average Bonchev–Trinajstić information content (AvgIpc) is 3.28. The summed E-state index contributed by atoms with van der Waals surface area (Å²) in [5, 5.41) is 20.5. The van der Waals surface area contributed by atoms with Gasteiger partial charge >= 0.3 is 6.18 Å². The number of anilines is 2. The number of rotatable bonds is 3. The van der Waals surface area contributed by atoms with Crippen LogP contribution in [0.1, 0.15) is 5.56 Å². The number of fused-ring (bicyclic) bond motifs is 3. The summed E-state index contributed by atoms with van der Waals surface area (Å²) in [6.45, 7) is 1.70. The second kappa shape index (κ2) is 7.32. The van der Waals surface area contributed by atoms with Crippen LogP contribution in [-0.2, 0) is 6.18 Å². The molecule has 0 bridgehead atoms. The number of halogens is 3. The van der Waals surface area contributed by atoms with E-state index in [4.69, 9.17) is 4.98 Å². The van der Waals surface area contributed by atoms with Crippen LogP contribution < -0.4 is 9.80 Å². The minimum absolute atomic E-state index is 0.170. The van der Waals surface area contributed by atoms with Crippen LogP contribution in [0.5, 0.6) is 0 Å². The van der Waals surface area contributed by atoms with Gasteiger partial charge in [-0.05, 0) is 24.3 Å². The highest BCUT2D eigenvalue weighted by molar-refractivity contribution is 5.92. The van der Waals surface area contributed by atoms with Gasteiger partial charge in [-0.15, -0.1) is 10.2 Å². The zero-order chi connectivity index (χ0) is 22.5. The van der Waals surface area contributed by atoms with Crippen LogP contribution in [0.15, 0.2) is 48.8 Å². The molecule has 0 N–H and O–H groups in total. The highest BCUT2D eigenvalue weighted by Gasteiger charge is 2.34. The molecule has 0 unspecified atom stereocenters. The Balaban J connectivity index is 1.44. The van der Waals surface area contributed by atoms with Crippen LogP contribution in [0, 0.1) is 10.1 Å². The highest BCUT2D eigenvalue weighted by Crippen LogP contribution is 2.37. The molecule has 1 fully saturated rings. The third-order valence-corrected chi connectivity index (χ3v) is 5.53. The van der Waals surface area contributed by atoms with Gasteiger partial charge < -0.3 is 9.80 Å². The van der Waals surface area contributed by atoms with Crippen LogP contribution >= 0.6 is 0 Å². The summed E-state index contributed by atoms with van der Waals surface area (Å²) >= 11 is 0. The molecule has 4 aromatic rings. The smallest absolute Gasteiger partial charge is 0.362 e. The van der Waals surface area contributed by atoms with E-state index in [1.807, 2.05) is 29.2 Å². The largest absolute Gasteiger partial charge is 0.416 e. The topological polar surface area (TPSA) is 92.7 Å². The highest BCUT2D eigenvalue weighted by atomic mass is 19.4. The fraction of sp³-hybridized carbons (Fsp3) is 0.250. The molecule has 1 aliphatic heterocycles. The minimum Gasteiger partial charge on any atom is -0.362 e. The lowest BCUT2D eigenvalue weighted by molar-refractivity contribution is -0.384. The number of hydrogen-bond donors (Lipinski definition) is 0. The fourth-order valence-electron chi connectivity index (χ4n) is 3.97. The zero-order valence-corrected chi connectivity index (χ0v) is 16.5. The van der Waals surface area contributed by atoms with E-state index in [9.17, 15) is 23.3 Å². The number of nitro benzene ring substituents is 1. The van der Waals surface area contributed by atoms with Gasteiger partial charge in [-0.1, -0.05) is 12.1 Å². The van der Waals surface area contributed by atoms with E-state index in [-0.39, 0.29) is 5.69 Å². The molecule has 3 heterocycles. The van der Waals surface area contributed by atoms with E-state index < -0.39 is 22.4 Å². The Morgan fingerprint density at radius 3 is 2.44 bits per heavy atom. The molecule has 1 saturated heterocycles. The lowest BCUT2D eigenvalue weighted by Gasteiger charge is -2.36. The number of nitrogens with zero attached hydrogens (tertiary/aromatic N) is 7. The minimum atomic E-state index is -4.64. The summed E-state index contributed by atoms with van der Waals surface area (Å²) in [6, 6.07) is 10.2. The molecule has 0 saturated carbocycles. The standard InChI is InChI=1S/C20H16F3N7O2/c21-20(22,23)13-5-6-16(17(11-13)30(31)32)27-7-9-28(10-8-27)19-25-15-4-2-1-3-14(15)18-26-24-12-29(18)19/h1-6,11-12H,7-10H2. The van der Waals surface area contributed by atoms with Crippen molar-refractivity contribution in [2.45, 2.75) is 6.18 Å². The Hall–Kier alpha value is -3.96. The molecule has 0 aliphatic carbocycles. The van der Waals surface area contributed by atoms with E-state index >= 15 is 0 Å². The normalized spacial score (nSPS) is 15.0. The maximum atomic E-state index is 13.0. The summed E-state index contributed by atoms with van der Waals surface area (Å²) in [7, 11) is 0. The van der Waals surface area contributed by atoms with Crippen molar-refractivity contribution in [2.75, 3.05) is 36.0 Å². The van der Waals surface area contributed by atoms with Crippen molar-refractivity contribution in [3.63, 3.8) is 0 Å². The molecule has 5 rings (SSSR count). The number of piperazine rings is 1. The van der Waals surface area contributed by atoms with Crippen molar-refractivity contribution in [3.05, 3.63) is 64.5 Å². The quantitative estimate of drug-likeness (QED) is 0.353. The predicted octanol–water partition coefficient (Wildman–Crippen LogP) is 3.53. The second-order valence-electron chi connectivity index (χ2n) is 7.39. The van der Waals surface area contributed by atoms with Crippen LogP contribution in [-0.4, -0.2) is 50.7 Å². The van der Waals surface area contributed by atoms with E-state index in [2.05, 4.69) is 10.2 Å². The lowest BCUT2D eigenvalue weighted by Crippen LogP contribution is -2.47. The Labute approximate surface area is 178 Å². The number of alkyl halides is 3. The van der Waals surface area contributed by atoms with E-state index in [1.165, 1.54) is 6.07 Å². The molecule has 0 radical (unpaired) electrons. The molecule has 0 amide bonds. The first kappa shape index (κ1) is 20.0. The summed E-state index contributed by atoms with van der Waals surface area (Å²) in [5.74, 6) is 0.644. The predicted molar refractivity (Wildman–Crippen MR) is 111 cm³/mol. The van der Waals surface area contributed by atoms with Crippen molar-refractivity contribution >= 4 is 33.9 Å². The van der Waals surface area contributed by atoms with Crippen molar-refractivity contribution in [2.24, 2.45) is 0 Å². The Morgan fingerprint density at radius 1 is 1.00 bits per heavy atom. The number of aromatic nitrogens is 4. The molecule has 2 aromatic carbocycles. The zero-order valence-electron chi connectivity index (χ0n) is 16.5. The van der Waals surface area contributed by atoms with Gasteiger partial charge in [0, 0.05) is 37.6 Å². The van der Waals surface area contributed by atoms with Gasteiger partial charge in [0.25, 0.3) is 5.69 Å². The summed E-state index contributed by atoms with van der Waals surface area (Å²) in [5.41, 5.74) is 0.0130. The van der Waals surface area contributed by atoms with Crippen LogP contribution in [0.25, 0.3) is 16.6 Å². The Morgan fingerprint density at radius 2 is 1.72 bits per heavy atom. The molecule has 164 valence electrons. The fourth-order valence-corrected chi connectivity index (χ4v) is 3.97. The van der Waals surface area contributed by atoms with Crippen molar-refractivity contribution < 1.29 is 18.1 Å². The Bertz CT molecular complexity index is 1330. The summed E-state index contributed by atoms with van der Waals surface area (Å²) in [4.78, 5) is 19.1. The van der Waals surface area contributed by atoms with Gasteiger partial charge in [-0.3, -0.25) is 14.5 Å². The van der Waals surface area contributed by atoms with Crippen LogP contribution in [0.3, 0.4) is 0 Å². The summed E-state index contributed by atoms with van der Waals surface area (Å²) in [6.07, 6.45) is -3.06. The molecular weight excluding hydrogens is 427 g/mol. The third kappa shape index (κ3) is 3.33. The Kier molecular flexibility index (Phi) is 4.57. The molecule has 9 nitrogen and oxygen atoms in total. The first-order valence-electron chi connectivity index (χ1n) is 9.77. The van der Waals surface area contributed by atoms with E-state index in [1.54, 1.807) is 15.6 Å². The van der Waals surface area contributed by atoms with Gasteiger partial charge in [-0.25, -0.2) is 4.98 Å². The van der Waals surface area contributed by atoms with Crippen molar-refractivity contribution in [1.29, 1.82) is 0 Å². The first-order valence-corrected chi connectivity index (χ1v) is 9.77. The first-order chi connectivity index (χ1) is 15.3. The number of hydrogen-bond acceptors (Lipinski definition) is 7. The maximum Gasteiger partial charge on any atom is 0.416 e. The lowest BCUT2D eigenvalue weighted by atomic mass is 10.1. The molecular formula is C20H16F3N7O2. The number of nitro groups is 1. The third-order valence-electron chi connectivity index (χ3n) is 5.53. The van der Waals surface area contributed by atoms with Crippen LogP contribution in [0.4, 0.5) is 30.5 Å². The average molecular weight is 443 g/mol. The van der Waals surface area contributed by atoms with Crippen molar-refractivity contribution in [1.82, 2.24) is 19.6 Å². The molecule has 32 heavy (non-hydrogen) atoms. The second-order valence-corrected chi connectivity index (χ2v) is 7.39. The molecule has 0 atom stereocenters. The van der Waals surface area contributed by atoms with Gasteiger partial charge in [-0.2, -0.15) is 13.2 Å². The van der Waals surface area contributed by atoms with Gasteiger partial charge in [0.05, 0.1) is 16.0 Å². The van der Waals surface area contributed by atoms with Gasteiger partial charge in [0.15, 0.2) is 5.65 Å².